The van der Waals surface area contributed by atoms with Crippen molar-refractivity contribution in [3.63, 3.8) is 0 Å². The molecule has 1 heterocycles. The van der Waals surface area contributed by atoms with Gasteiger partial charge in [-0.25, -0.2) is 22.2 Å². The molecule has 2 rings (SSSR count). The van der Waals surface area contributed by atoms with Crippen molar-refractivity contribution in [2.24, 2.45) is 0 Å². The van der Waals surface area contributed by atoms with E-state index in [1.165, 1.54) is 12.1 Å². The lowest BCUT2D eigenvalue weighted by molar-refractivity contribution is -0.282. The molecule has 0 spiro atoms. The smallest absolute Gasteiger partial charge is 0.281 e. The molecule has 9 heteroatoms. The van der Waals surface area contributed by atoms with E-state index in [4.69, 9.17) is 0 Å². The third-order valence-corrected chi connectivity index (χ3v) is 4.33. The number of aromatic nitrogens is 2. The van der Waals surface area contributed by atoms with E-state index in [0.29, 0.717) is 5.56 Å². The molecule has 21 heavy (non-hydrogen) atoms. The number of halogens is 2. The molecule has 0 radical (unpaired) electrons. The average molecular weight is 315 g/mol. The van der Waals surface area contributed by atoms with Crippen LogP contribution in [-0.4, -0.2) is 18.4 Å². The highest BCUT2D eigenvalue weighted by molar-refractivity contribution is 7.90. The fourth-order valence-corrected chi connectivity index (χ4v) is 3.34. The number of rotatable bonds is 4. The summed E-state index contributed by atoms with van der Waals surface area (Å²) in [5.41, 5.74) is -2.38. The zero-order valence-corrected chi connectivity index (χ0v) is 11.2. The van der Waals surface area contributed by atoms with E-state index in [-0.39, 0.29) is 0 Å². The normalized spacial score (nSPS) is 11.8. The molecule has 0 atom stereocenters. The summed E-state index contributed by atoms with van der Waals surface area (Å²) in [5.74, 6) is -0.642. The largest absolute Gasteiger partial charge is 0.846 e. The van der Waals surface area contributed by atoms with Crippen LogP contribution in [0.25, 0.3) is 0 Å². The molecule has 0 saturated carbocycles. The van der Waals surface area contributed by atoms with Crippen LogP contribution in [-0.2, 0) is 15.6 Å². The van der Waals surface area contributed by atoms with E-state index in [1.54, 1.807) is 23.2 Å². The number of hydrogen-bond acceptors (Lipinski definition) is 5. The Morgan fingerprint density at radius 1 is 1.24 bits per heavy atom. The van der Waals surface area contributed by atoms with E-state index in [0.717, 1.165) is 0 Å². The Labute approximate surface area is 118 Å². The van der Waals surface area contributed by atoms with Gasteiger partial charge in [-0.05, 0) is 5.56 Å². The molecule has 0 fully saturated rings. The maximum atomic E-state index is 12.8. The Morgan fingerprint density at radius 2 is 1.86 bits per heavy atom. The molecular weight excluding hydrogens is 306 g/mol. The Hall–Kier alpha value is -2.29. The Bertz CT molecular complexity index is 804. The molecule has 0 bridgehead atoms. The van der Waals surface area contributed by atoms with Gasteiger partial charge in [0.2, 0.25) is 0 Å². The average Bonchev–Trinajstić information content (AvgIpc) is 2.37. The van der Waals surface area contributed by atoms with E-state index in [1.807, 2.05) is 0 Å². The minimum absolute atomic E-state index is 0.323. The minimum Gasteiger partial charge on any atom is -0.846 e. The number of H-pyrrole nitrogens is 1. The van der Waals surface area contributed by atoms with Gasteiger partial charge in [-0.3, -0.25) is 4.79 Å². The number of sulfone groups is 1. The number of aromatic amines is 1. The van der Waals surface area contributed by atoms with Crippen molar-refractivity contribution in [1.29, 1.82) is 0 Å². The number of nitrogens with one attached hydrogen (secondary N) is 1. The topological polar surface area (TPSA) is 103 Å². The van der Waals surface area contributed by atoms with Crippen molar-refractivity contribution >= 4 is 9.84 Å². The van der Waals surface area contributed by atoms with Gasteiger partial charge in [-0.2, -0.15) is 0 Å². The molecule has 1 aromatic heterocycles. The zero-order valence-electron chi connectivity index (χ0n) is 10.4. The van der Waals surface area contributed by atoms with Gasteiger partial charge >= 0.3 is 0 Å². The molecule has 0 aliphatic carbocycles. The van der Waals surface area contributed by atoms with Crippen LogP contribution in [0.4, 0.5) is 8.78 Å². The molecule has 1 aromatic carbocycles. The lowest BCUT2D eigenvalue weighted by Gasteiger charge is -2.12. The Kier molecular flexibility index (Phi) is 4.03. The monoisotopic (exact) mass is 315 g/mol. The summed E-state index contributed by atoms with van der Waals surface area (Å²) in [7, 11) is -4.36. The fourth-order valence-electron chi connectivity index (χ4n) is 1.77. The second-order valence-electron chi connectivity index (χ2n) is 4.13. The van der Waals surface area contributed by atoms with Gasteiger partial charge in [0.15, 0.2) is 14.7 Å². The van der Waals surface area contributed by atoms with E-state index >= 15 is 0 Å². The SMILES string of the molecule is O=c1[nH]c([O-])nc(C(F)F)c1S(=O)(=O)Cc1ccccc1. The van der Waals surface area contributed by atoms with E-state index in [2.05, 4.69) is 4.98 Å². The first-order valence-electron chi connectivity index (χ1n) is 5.67. The van der Waals surface area contributed by atoms with Crippen LogP contribution in [0.15, 0.2) is 40.0 Å². The highest BCUT2D eigenvalue weighted by Gasteiger charge is 2.29. The van der Waals surface area contributed by atoms with Gasteiger partial charge in [0.05, 0.1) is 11.8 Å². The molecule has 0 unspecified atom stereocenters. The van der Waals surface area contributed by atoms with Crippen LogP contribution in [0.2, 0.25) is 0 Å². The summed E-state index contributed by atoms with van der Waals surface area (Å²) in [6.45, 7) is 0. The first-order valence-corrected chi connectivity index (χ1v) is 7.32. The van der Waals surface area contributed by atoms with Gasteiger partial charge < -0.3 is 10.1 Å². The highest BCUT2D eigenvalue weighted by atomic mass is 32.2. The maximum Gasteiger partial charge on any atom is 0.281 e. The predicted molar refractivity (Wildman–Crippen MR) is 66.6 cm³/mol. The third-order valence-electron chi connectivity index (χ3n) is 2.60. The van der Waals surface area contributed by atoms with Crippen molar-refractivity contribution in [3.8, 4) is 6.01 Å². The summed E-state index contributed by atoms with van der Waals surface area (Å²) >= 11 is 0. The first-order chi connectivity index (χ1) is 9.81. The molecule has 0 amide bonds. The molecule has 0 saturated heterocycles. The molecule has 112 valence electrons. The van der Waals surface area contributed by atoms with Crippen molar-refractivity contribution < 1.29 is 22.3 Å². The van der Waals surface area contributed by atoms with Crippen molar-refractivity contribution in [2.75, 3.05) is 0 Å². The molecule has 2 aromatic rings. The van der Waals surface area contributed by atoms with Crippen molar-refractivity contribution in [3.05, 3.63) is 51.9 Å². The van der Waals surface area contributed by atoms with Gasteiger partial charge in [0, 0.05) is 0 Å². The van der Waals surface area contributed by atoms with Crippen molar-refractivity contribution in [1.82, 2.24) is 9.97 Å². The van der Waals surface area contributed by atoms with Crippen molar-refractivity contribution in [2.45, 2.75) is 17.1 Å². The van der Waals surface area contributed by atoms with Gasteiger partial charge in [-0.1, -0.05) is 30.3 Å². The van der Waals surface area contributed by atoms with Gasteiger partial charge in [0.25, 0.3) is 12.0 Å². The van der Waals surface area contributed by atoms with E-state index < -0.39 is 44.2 Å². The molecule has 1 N–H and O–H groups in total. The van der Waals surface area contributed by atoms with Crippen LogP contribution < -0.4 is 10.7 Å². The lowest BCUT2D eigenvalue weighted by Crippen LogP contribution is -2.24. The maximum absolute atomic E-state index is 12.8. The number of nitrogens with zero attached hydrogens (tertiary/aromatic N) is 1. The quantitative estimate of drug-likeness (QED) is 0.897. The second-order valence-corrected chi connectivity index (χ2v) is 6.06. The first kappa shape index (κ1) is 15.1. The minimum atomic E-state index is -4.36. The Morgan fingerprint density at radius 3 is 2.43 bits per heavy atom. The summed E-state index contributed by atoms with van der Waals surface area (Å²) in [6.07, 6.45) is -3.35. The van der Waals surface area contributed by atoms with Crippen LogP contribution >= 0.6 is 0 Å². The summed E-state index contributed by atoms with van der Waals surface area (Å²) < 4.78 is 50.0. The van der Waals surface area contributed by atoms with Gasteiger partial charge in [0.1, 0.15) is 5.69 Å². The number of alkyl halides is 2. The third kappa shape index (κ3) is 3.24. The summed E-state index contributed by atoms with van der Waals surface area (Å²) in [5, 5.41) is 11.0. The highest BCUT2D eigenvalue weighted by Crippen LogP contribution is 2.24. The van der Waals surface area contributed by atoms with Crippen LogP contribution in [0.1, 0.15) is 17.7 Å². The van der Waals surface area contributed by atoms with E-state index in [9.17, 15) is 27.1 Å². The number of benzene rings is 1. The molecular formula is C12H9F2N2O4S-. The summed E-state index contributed by atoms with van der Waals surface area (Å²) in [4.78, 5) is 14.9. The van der Waals surface area contributed by atoms with Gasteiger partial charge in [-0.15, -0.1) is 0 Å². The van der Waals surface area contributed by atoms with Crippen LogP contribution in [0.3, 0.4) is 0 Å². The molecule has 0 aliphatic rings. The second kappa shape index (κ2) is 5.60. The zero-order chi connectivity index (χ0) is 15.6. The summed E-state index contributed by atoms with van der Waals surface area (Å²) in [6, 6.07) is 6.44. The fraction of sp³-hybridized carbons (Fsp3) is 0.167. The Balaban J connectivity index is 2.57. The van der Waals surface area contributed by atoms with Crippen LogP contribution in [0, 0.1) is 0 Å². The standard InChI is InChI=1S/C12H10F2N2O4S/c13-10(14)8-9(11(17)16-12(18)15-8)21(19,20)6-7-4-2-1-3-5-7/h1-5,10H,6H2,(H2,15,16,17,18)/p-1. The molecule has 0 aliphatic heterocycles. The number of hydrogen-bond donors (Lipinski definition) is 1. The van der Waals surface area contributed by atoms with Crippen LogP contribution in [0.5, 0.6) is 6.01 Å². The lowest BCUT2D eigenvalue weighted by atomic mass is 10.2. The molecule has 6 nitrogen and oxygen atoms in total. The predicted octanol–water partition coefficient (Wildman–Crippen LogP) is 0.755.